The molecule has 3 aromatic carbocycles. The first-order valence-electron chi connectivity index (χ1n) is 21.9. The molecule has 0 bridgehead atoms. The normalized spacial score (nSPS) is 23.0. The predicted molar refractivity (Wildman–Crippen MR) is 232 cm³/mol. The van der Waals surface area contributed by atoms with Gasteiger partial charge in [-0.1, -0.05) is 116 Å². The number of aromatic nitrogens is 3. The summed E-state index contributed by atoms with van der Waals surface area (Å²) in [6.07, 6.45) is 25.7. The third-order valence-corrected chi connectivity index (χ3v) is 15.0. The Morgan fingerprint density at radius 2 is 1.54 bits per heavy atom. The van der Waals surface area contributed by atoms with Gasteiger partial charge in [0.25, 0.3) is 5.82 Å². The molecule has 3 heteroatoms. The van der Waals surface area contributed by atoms with Crippen molar-refractivity contribution in [2.24, 2.45) is 12.5 Å². The zero-order valence-corrected chi connectivity index (χ0v) is 34.7. The van der Waals surface area contributed by atoms with Crippen molar-refractivity contribution in [1.82, 2.24) is 9.13 Å². The Hall–Kier alpha value is -3.85. The van der Waals surface area contributed by atoms with Crippen LogP contribution in [0.1, 0.15) is 166 Å². The summed E-state index contributed by atoms with van der Waals surface area (Å²) in [5.74, 6) is 2.42. The molecular formula is C51H66N3+. The van der Waals surface area contributed by atoms with Crippen molar-refractivity contribution < 1.29 is 4.57 Å². The molecule has 2 fully saturated rings. The number of para-hydroxylation sites is 2. The van der Waals surface area contributed by atoms with Crippen molar-refractivity contribution in [2.75, 3.05) is 0 Å². The highest BCUT2D eigenvalue weighted by Crippen LogP contribution is 2.55. The Bertz CT molecular complexity index is 2280. The quantitative estimate of drug-likeness (QED) is 0.128. The second kappa shape index (κ2) is 14.7. The van der Waals surface area contributed by atoms with Crippen LogP contribution in [-0.2, 0) is 19.0 Å². The van der Waals surface area contributed by atoms with E-state index in [1.54, 1.807) is 11.1 Å². The van der Waals surface area contributed by atoms with E-state index < -0.39 is 0 Å². The Balaban J connectivity index is 1.62. The summed E-state index contributed by atoms with van der Waals surface area (Å²) in [5, 5.41) is 2.99. The van der Waals surface area contributed by atoms with Gasteiger partial charge in [-0.2, -0.15) is 4.57 Å². The first kappa shape index (κ1) is 37.1. The van der Waals surface area contributed by atoms with Crippen molar-refractivity contribution >= 4 is 38.4 Å². The molecule has 0 radical (unpaired) electrons. The number of allylic oxidation sites excluding steroid dienone is 5. The van der Waals surface area contributed by atoms with Gasteiger partial charge in [0, 0.05) is 45.4 Å². The fourth-order valence-electron chi connectivity index (χ4n) is 11.6. The van der Waals surface area contributed by atoms with Crippen molar-refractivity contribution in [1.29, 1.82) is 0 Å². The van der Waals surface area contributed by atoms with E-state index in [1.807, 2.05) is 0 Å². The molecule has 5 aromatic rings. The maximum Gasteiger partial charge on any atom is 0.295 e. The molecule has 2 atom stereocenters. The summed E-state index contributed by atoms with van der Waals surface area (Å²) in [4.78, 5) is 0. The molecular weight excluding hydrogens is 655 g/mol. The molecule has 1 aliphatic heterocycles. The largest absolute Gasteiger partial charge is 0.344 e. The van der Waals surface area contributed by atoms with Crippen LogP contribution in [0.2, 0.25) is 0 Å². The van der Waals surface area contributed by atoms with E-state index >= 15 is 0 Å². The summed E-state index contributed by atoms with van der Waals surface area (Å²) in [6.45, 7) is 18.9. The highest BCUT2D eigenvalue weighted by Gasteiger charge is 2.57. The van der Waals surface area contributed by atoms with E-state index in [0.717, 1.165) is 19.3 Å². The molecule has 284 valence electrons. The van der Waals surface area contributed by atoms with Gasteiger partial charge in [0.1, 0.15) is 11.2 Å². The maximum atomic E-state index is 4.57. The zero-order valence-electron chi connectivity index (χ0n) is 34.7. The fourth-order valence-corrected chi connectivity index (χ4v) is 11.6. The molecule has 3 heterocycles. The second-order valence-electron chi connectivity index (χ2n) is 17.6. The average molecular weight is 721 g/mol. The molecule has 8 rings (SSSR count). The molecule has 2 aliphatic carbocycles. The smallest absolute Gasteiger partial charge is 0.295 e. The topological polar surface area (TPSA) is 13.7 Å². The van der Waals surface area contributed by atoms with Crippen LogP contribution in [0.3, 0.4) is 0 Å². The molecule has 0 N–H and O–H groups in total. The number of hydrogen-bond acceptors (Lipinski definition) is 0. The van der Waals surface area contributed by atoms with Gasteiger partial charge in [0.2, 0.25) is 0 Å². The third kappa shape index (κ3) is 5.45. The Morgan fingerprint density at radius 1 is 0.833 bits per heavy atom. The lowest BCUT2D eigenvalue weighted by molar-refractivity contribution is -0.758. The van der Waals surface area contributed by atoms with Crippen LogP contribution in [0, 0.1) is 5.41 Å². The van der Waals surface area contributed by atoms with Gasteiger partial charge >= 0.3 is 0 Å². The maximum absolute atomic E-state index is 4.57. The Morgan fingerprint density at radius 3 is 2.19 bits per heavy atom. The fraction of sp³-hybridized carbons (Fsp3) is 0.510. The lowest BCUT2D eigenvalue weighted by Crippen LogP contribution is -2.66. The van der Waals surface area contributed by atoms with Crippen LogP contribution in [0.5, 0.6) is 0 Å². The van der Waals surface area contributed by atoms with Crippen molar-refractivity contribution in [3.05, 3.63) is 101 Å². The highest BCUT2D eigenvalue weighted by atomic mass is 15.2. The van der Waals surface area contributed by atoms with E-state index in [2.05, 4.69) is 136 Å². The zero-order chi connectivity index (χ0) is 37.8. The van der Waals surface area contributed by atoms with Gasteiger partial charge < -0.3 is 4.57 Å². The summed E-state index contributed by atoms with van der Waals surface area (Å²) in [7, 11) is 2.34. The Kier molecular flexibility index (Phi) is 10.1. The molecule has 2 aromatic heterocycles. The summed E-state index contributed by atoms with van der Waals surface area (Å²) >= 11 is 0. The van der Waals surface area contributed by atoms with Crippen molar-refractivity contribution in [3.8, 4) is 5.69 Å². The molecule has 54 heavy (non-hydrogen) atoms. The first-order chi connectivity index (χ1) is 26.3. The van der Waals surface area contributed by atoms with Gasteiger partial charge in [0.15, 0.2) is 11.0 Å². The number of imidazole rings is 1. The number of fused-ring (bicyclic) bond motifs is 6. The van der Waals surface area contributed by atoms with Crippen LogP contribution in [-0.4, -0.2) is 9.13 Å². The van der Waals surface area contributed by atoms with Crippen LogP contribution in [0.15, 0.2) is 78.9 Å². The average Bonchev–Trinajstić information content (AvgIpc) is 3.70. The van der Waals surface area contributed by atoms with Gasteiger partial charge in [-0.25, -0.2) is 4.57 Å². The van der Waals surface area contributed by atoms with E-state index in [-0.39, 0.29) is 11.0 Å². The van der Waals surface area contributed by atoms with Crippen molar-refractivity contribution in [2.45, 2.75) is 155 Å². The van der Waals surface area contributed by atoms with Crippen molar-refractivity contribution in [3.63, 3.8) is 0 Å². The van der Waals surface area contributed by atoms with Gasteiger partial charge in [0.05, 0.1) is 5.57 Å². The van der Waals surface area contributed by atoms with Gasteiger partial charge in [-0.3, -0.25) is 0 Å². The van der Waals surface area contributed by atoms with E-state index in [4.69, 9.17) is 0 Å². The molecule has 0 spiro atoms. The Labute approximate surface area is 325 Å². The highest BCUT2D eigenvalue weighted by molar-refractivity contribution is 6.12. The first-order valence-corrected chi connectivity index (χ1v) is 21.9. The number of hydrogen-bond donors (Lipinski definition) is 0. The molecule has 2 unspecified atom stereocenters. The summed E-state index contributed by atoms with van der Waals surface area (Å²) in [6, 6.07) is 19.5. The molecule has 3 aliphatic rings. The van der Waals surface area contributed by atoms with Gasteiger partial charge in [-0.15, -0.1) is 0 Å². The standard InChI is InChI=1S/C51H66N3/c1-9-14-24-35-31-32-42-40(33-35)47-45(52(42)8)34-39(36-25-17-15-18-26-36)48(46(47)37-27-19-16-20-28-37)53-43-29-21-22-30-44(43)54-49(53)38(23-10-2)41(11-3)50(6,12-4)51(54,7)13-5/h10-11,21-23,29-34,36-37H,3,9,12-20,24-28H2,1-2,4-8H3/q+1. The predicted octanol–water partition coefficient (Wildman–Crippen LogP) is 14.1. The van der Waals surface area contributed by atoms with E-state index in [9.17, 15) is 0 Å². The minimum Gasteiger partial charge on any atom is -0.344 e. The number of unbranched alkanes of at least 4 members (excludes halogenated alkanes) is 1. The summed E-state index contributed by atoms with van der Waals surface area (Å²) < 4.78 is 8.18. The van der Waals surface area contributed by atoms with E-state index in [0.29, 0.717) is 11.8 Å². The third-order valence-electron chi connectivity index (χ3n) is 15.0. The monoisotopic (exact) mass is 721 g/mol. The number of rotatable bonds is 10. The van der Waals surface area contributed by atoms with Crippen LogP contribution < -0.4 is 4.57 Å². The second-order valence-corrected chi connectivity index (χ2v) is 17.6. The summed E-state index contributed by atoms with van der Waals surface area (Å²) in [5.41, 5.74) is 14.2. The van der Waals surface area contributed by atoms with Gasteiger partial charge in [-0.05, 0) is 119 Å². The minimum absolute atomic E-state index is 0.0855. The molecule has 0 saturated heterocycles. The number of nitrogens with zero attached hydrogens (tertiary/aromatic N) is 3. The molecule has 3 nitrogen and oxygen atoms in total. The van der Waals surface area contributed by atoms with E-state index in [1.165, 1.54) is 138 Å². The molecule has 2 saturated carbocycles. The number of aryl methyl sites for hydroxylation is 2. The lowest BCUT2D eigenvalue weighted by atomic mass is 9.60. The van der Waals surface area contributed by atoms with Crippen LogP contribution in [0.25, 0.3) is 44.1 Å². The number of benzene rings is 3. The molecule has 0 amide bonds. The minimum atomic E-state index is -0.149. The lowest BCUT2D eigenvalue weighted by Gasteiger charge is -2.48. The van der Waals surface area contributed by atoms with Crippen LogP contribution in [0.4, 0.5) is 0 Å². The SMILES string of the molecule is C=CC1=C(C=CC)c2n(-c3c(C4CCCCC4)cc4c(c3C3CCCCC3)c3cc(CCCC)ccc3n4C)c3ccccc3[n+]2C(C)(CC)C1(C)CC. The van der Waals surface area contributed by atoms with Crippen LogP contribution >= 0.6 is 0 Å².